The van der Waals surface area contributed by atoms with E-state index in [1.165, 1.54) is 0 Å². The summed E-state index contributed by atoms with van der Waals surface area (Å²) in [7, 11) is 0. The maximum atomic E-state index is 10.8. The minimum atomic E-state index is 0.0675. The Morgan fingerprint density at radius 1 is 1.22 bits per heavy atom. The molecule has 3 aromatic rings. The van der Waals surface area contributed by atoms with Gasteiger partial charge in [-0.2, -0.15) is 0 Å². The molecule has 1 aliphatic rings. The highest BCUT2D eigenvalue weighted by Gasteiger charge is 2.24. The molecule has 0 unspecified atom stereocenters. The minimum absolute atomic E-state index is 0.0675. The van der Waals surface area contributed by atoms with Gasteiger partial charge in [-0.3, -0.25) is 14.6 Å². The Balaban J connectivity index is 1.89. The molecule has 136 valence electrons. The maximum Gasteiger partial charge on any atom is 0.225 e. The molecule has 4 rings (SSSR count). The van der Waals surface area contributed by atoms with Crippen LogP contribution in [-0.2, 0) is 6.54 Å². The fraction of sp³-hybridized carbons (Fsp3) is 0.190. The van der Waals surface area contributed by atoms with Crippen LogP contribution in [0, 0.1) is 0 Å². The lowest BCUT2D eigenvalue weighted by atomic mass is 10.0. The smallest absolute Gasteiger partial charge is 0.225 e. The average molecular weight is 379 g/mol. The fourth-order valence-electron chi connectivity index (χ4n) is 3.17. The summed E-state index contributed by atoms with van der Waals surface area (Å²) < 4.78 is 1.73. The molecule has 0 amide bonds. The molecule has 27 heavy (non-hydrogen) atoms. The summed E-state index contributed by atoms with van der Waals surface area (Å²) in [6.07, 6.45) is 2.56. The van der Waals surface area contributed by atoms with Crippen molar-refractivity contribution in [3.05, 3.63) is 76.2 Å². The summed E-state index contributed by atoms with van der Waals surface area (Å²) in [6, 6.07) is 15.5. The first-order valence-corrected chi connectivity index (χ1v) is 9.27. The maximum absolute atomic E-state index is 10.8. The second-order valence-corrected chi connectivity index (χ2v) is 6.74. The zero-order chi connectivity index (χ0) is 18.8. The van der Waals surface area contributed by atoms with Crippen molar-refractivity contribution in [3.63, 3.8) is 0 Å². The van der Waals surface area contributed by atoms with Crippen LogP contribution in [0.3, 0.4) is 0 Å². The second-order valence-electron chi connectivity index (χ2n) is 6.30. The quantitative estimate of drug-likeness (QED) is 0.683. The molecule has 6 heteroatoms. The Morgan fingerprint density at radius 3 is 2.81 bits per heavy atom. The van der Waals surface area contributed by atoms with Gasteiger partial charge in [-0.1, -0.05) is 48.9 Å². The Labute approximate surface area is 162 Å². The zero-order valence-electron chi connectivity index (χ0n) is 14.9. The van der Waals surface area contributed by atoms with E-state index in [4.69, 9.17) is 16.6 Å². The van der Waals surface area contributed by atoms with Crippen molar-refractivity contribution in [2.75, 3.05) is 6.54 Å². The third-order valence-corrected chi connectivity index (χ3v) is 4.63. The molecule has 0 spiro atoms. The van der Waals surface area contributed by atoms with E-state index in [0.717, 1.165) is 28.9 Å². The Kier molecular flexibility index (Phi) is 4.77. The molecule has 0 bridgehead atoms. The zero-order valence-corrected chi connectivity index (χ0v) is 15.7. The molecule has 0 radical (unpaired) electrons. The molecule has 2 heterocycles. The Bertz CT molecular complexity index is 1040. The van der Waals surface area contributed by atoms with E-state index in [9.17, 15) is 5.11 Å². The van der Waals surface area contributed by atoms with E-state index in [2.05, 4.69) is 16.9 Å². The van der Waals surface area contributed by atoms with Gasteiger partial charge in [0.15, 0.2) is 0 Å². The van der Waals surface area contributed by atoms with Crippen molar-refractivity contribution < 1.29 is 5.11 Å². The van der Waals surface area contributed by atoms with Gasteiger partial charge >= 0.3 is 0 Å². The van der Waals surface area contributed by atoms with E-state index in [1.54, 1.807) is 10.8 Å². The largest absolute Gasteiger partial charge is 0.493 e. The first kappa shape index (κ1) is 17.5. The van der Waals surface area contributed by atoms with Crippen LogP contribution in [0.5, 0.6) is 5.88 Å². The van der Waals surface area contributed by atoms with Crippen molar-refractivity contribution in [3.8, 4) is 11.6 Å². The van der Waals surface area contributed by atoms with Crippen LogP contribution in [0.4, 0.5) is 0 Å². The number of nitrogens with zero attached hydrogens (tertiary/aromatic N) is 4. The number of fused-ring (bicyclic) bond motifs is 3. The molecule has 0 aliphatic carbocycles. The predicted molar refractivity (Wildman–Crippen MR) is 109 cm³/mol. The lowest BCUT2D eigenvalue weighted by Crippen LogP contribution is -2.07. The number of aromatic hydroxyl groups is 1. The Hall–Kier alpha value is -2.92. The van der Waals surface area contributed by atoms with Crippen LogP contribution in [0.25, 0.3) is 5.69 Å². The van der Waals surface area contributed by atoms with Crippen molar-refractivity contribution in [1.29, 1.82) is 0 Å². The summed E-state index contributed by atoms with van der Waals surface area (Å²) in [5.41, 5.74) is 3.94. The molecule has 5 nitrogen and oxygen atoms in total. The first-order chi connectivity index (χ1) is 13.2. The van der Waals surface area contributed by atoms with Gasteiger partial charge in [0.1, 0.15) is 11.5 Å². The van der Waals surface area contributed by atoms with E-state index < -0.39 is 0 Å². The van der Waals surface area contributed by atoms with E-state index >= 15 is 0 Å². The van der Waals surface area contributed by atoms with Gasteiger partial charge in [-0.05, 0) is 24.6 Å². The number of halogens is 1. The number of aliphatic imine (C=N–C) groups is 2. The molecule has 0 atom stereocenters. The molecule has 0 saturated carbocycles. The van der Waals surface area contributed by atoms with Crippen LogP contribution >= 0.6 is 11.6 Å². The Morgan fingerprint density at radius 2 is 2.04 bits per heavy atom. The van der Waals surface area contributed by atoms with Crippen LogP contribution < -0.4 is 0 Å². The standard InChI is InChI=1S/C21H19ClN4O/c1-2-10-23-12-17-21(27)26-18-9-8-15(22)11-16(18)20(24-13-19(26)25-17)14-6-4-3-5-7-14/h3-9,11-12,27H,2,10,13H2,1H3. The van der Waals surface area contributed by atoms with Crippen molar-refractivity contribution in [2.45, 2.75) is 19.9 Å². The van der Waals surface area contributed by atoms with Gasteiger partial charge in [0.2, 0.25) is 5.88 Å². The monoisotopic (exact) mass is 378 g/mol. The van der Waals surface area contributed by atoms with Crippen LogP contribution in [0.2, 0.25) is 5.02 Å². The molecule has 0 saturated heterocycles. The van der Waals surface area contributed by atoms with Crippen LogP contribution in [0.1, 0.15) is 36.0 Å². The summed E-state index contributed by atoms with van der Waals surface area (Å²) in [5, 5.41) is 11.4. The number of benzene rings is 2. The van der Waals surface area contributed by atoms with Gasteiger partial charge in [-0.15, -0.1) is 0 Å². The SMILES string of the molecule is CCCN=Cc1nc2n(c1O)-c1ccc(Cl)cc1C(c1ccccc1)=NC2. The van der Waals surface area contributed by atoms with Gasteiger partial charge < -0.3 is 5.11 Å². The molecule has 2 aromatic carbocycles. The molecular weight excluding hydrogens is 360 g/mol. The molecule has 1 aromatic heterocycles. The lowest BCUT2D eigenvalue weighted by molar-refractivity contribution is 0.439. The molecule has 1 aliphatic heterocycles. The predicted octanol–water partition coefficient (Wildman–Crippen LogP) is 4.41. The second kappa shape index (κ2) is 7.37. The van der Waals surface area contributed by atoms with Gasteiger partial charge in [0, 0.05) is 22.7 Å². The summed E-state index contributed by atoms with van der Waals surface area (Å²) in [5.74, 6) is 0.734. The summed E-state index contributed by atoms with van der Waals surface area (Å²) >= 11 is 6.28. The first-order valence-electron chi connectivity index (χ1n) is 8.89. The van der Waals surface area contributed by atoms with Crippen molar-refractivity contribution in [2.24, 2.45) is 9.98 Å². The summed E-state index contributed by atoms with van der Waals surface area (Å²) in [6.45, 7) is 3.11. The highest BCUT2D eigenvalue weighted by Crippen LogP contribution is 2.32. The number of imidazole rings is 1. The van der Waals surface area contributed by atoms with Gasteiger partial charge in [0.05, 0.1) is 24.2 Å². The van der Waals surface area contributed by atoms with E-state index in [0.29, 0.717) is 29.6 Å². The summed E-state index contributed by atoms with van der Waals surface area (Å²) in [4.78, 5) is 13.6. The molecule has 1 N–H and O–H groups in total. The number of aromatic nitrogens is 2. The highest BCUT2D eigenvalue weighted by atomic mass is 35.5. The third kappa shape index (κ3) is 3.26. The van der Waals surface area contributed by atoms with Gasteiger partial charge in [0.25, 0.3) is 0 Å². The molecule has 0 fully saturated rings. The molecular formula is C21H19ClN4O. The van der Waals surface area contributed by atoms with Gasteiger partial charge in [-0.25, -0.2) is 4.98 Å². The normalized spacial score (nSPS) is 13.2. The van der Waals surface area contributed by atoms with Crippen molar-refractivity contribution in [1.82, 2.24) is 9.55 Å². The number of hydrogen-bond acceptors (Lipinski definition) is 4. The number of hydrogen-bond donors (Lipinski definition) is 1. The minimum Gasteiger partial charge on any atom is -0.493 e. The average Bonchev–Trinajstić information content (AvgIpc) is 2.90. The fourth-order valence-corrected chi connectivity index (χ4v) is 3.34. The third-order valence-electron chi connectivity index (χ3n) is 4.40. The van der Waals surface area contributed by atoms with Crippen LogP contribution in [-0.4, -0.2) is 33.1 Å². The lowest BCUT2D eigenvalue weighted by Gasteiger charge is -2.13. The van der Waals surface area contributed by atoms with Crippen molar-refractivity contribution >= 4 is 23.5 Å². The van der Waals surface area contributed by atoms with E-state index in [1.807, 2.05) is 48.5 Å². The highest BCUT2D eigenvalue weighted by molar-refractivity contribution is 6.31. The van der Waals surface area contributed by atoms with E-state index in [-0.39, 0.29) is 5.88 Å². The van der Waals surface area contributed by atoms with Crippen LogP contribution in [0.15, 0.2) is 58.5 Å². The topological polar surface area (TPSA) is 62.8 Å². The number of rotatable bonds is 4.